The van der Waals surface area contributed by atoms with Crippen LogP contribution in [0.5, 0.6) is 5.75 Å². The van der Waals surface area contributed by atoms with E-state index in [9.17, 15) is 0 Å². The van der Waals surface area contributed by atoms with Crippen molar-refractivity contribution in [3.63, 3.8) is 0 Å². The number of aliphatic imine (C=N–C) groups is 1. The summed E-state index contributed by atoms with van der Waals surface area (Å²) in [5.41, 5.74) is 2.27. The number of hydrogen-bond donors (Lipinski definition) is 2. The number of ether oxygens (including phenoxy) is 1. The molecule has 0 aliphatic heterocycles. The van der Waals surface area contributed by atoms with E-state index < -0.39 is 0 Å². The maximum atomic E-state index is 5.27. The predicted molar refractivity (Wildman–Crippen MR) is 107 cm³/mol. The monoisotopic (exact) mass is 348 g/mol. The summed E-state index contributed by atoms with van der Waals surface area (Å²) in [6.07, 6.45) is 2.68. The fraction of sp³-hybridized carbons (Fsp3) is 0.238. The van der Waals surface area contributed by atoms with Crippen LogP contribution in [0, 0.1) is 0 Å². The Morgan fingerprint density at radius 1 is 1.04 bits per heavy atom. The average Bonchev–Trinajstić information content (AvgIpc) is 2.70. The summed E-state index contributed by atoms with van der Waals surface area (Å²) in [4.78, 5) is 8.60. The molecule has 3 rings (SSSR count). The van der Waals surface area contributed by atoms with Crippen LogP contribution in [-0.4, -0.2) is 31.6 Å². The van der Waals surface area contributed by atoms with Gasteiger partial charge in [0.25, 0.3) is 0 Å². The van der Waals surface area contributed by atoms with Crippen LogP contribution in [0.15, 0.2) is 65.8 Å². The van der Waals surface area contributed by atoms with E-state index in [1.165, 1.54) is 16.3 Å². The van der Waals surface area contributed by atoms with Crippen LogP contribution in [-0.2, 0) is 13.0 Å². The maximum Gasteiger partial charge on any atom is 0.191 e. The number of hydrogen-bond acceptors (Lipinski definition) is 3. The van der Waals surface area contributed by atoms with Gasteiger partial charge in [-0.2, -0.15) is 0 Å². The van der Waals surface area contributed by atoms with Gasteiger partial charge in [-0.1, -0.05) is 24.3 Å². The number of aromatic nitrogens is 1. The third kappa shape index (κ3) is 4.72. The van der Waals surface area contributed by atoms with Crippen molar-refractivity contribution < 1.29 is 4.74 Å². The lowest BCUT2D eigenvalue weighted by molar-refractivity contribution is 0.415. The van der Waals surface area contributed by atoms with Crippen molar-refractivity contribution in [1.82, 2.24) is 15.6 Å². The van der Waals surface area contributed by atoms with Gasteiger partial charge in [0.05, 0.1) is 7.11 Å². The Morgan fingerprint density at radius 2 is 1.88 bits per heavy atom. The second kappa shape index (κ2) is 8.85. The quantitative estimate of drug-likeness (QED) is 0.531. The highest BCUT2D eigenvalue weighted by Gasteiger charge is 2.02. The van der Waals surface area contributed by atoms with Crippen molar-refractivity contribution in [1.29, 1.82) is 0 Å². The van der Waals surface area contributed by atoms with E-state index in [0.29, 0.717) is 6.54 Å². The fourth-order valence-electron chi connectivity index (χ4n) is 2.77. The van der Waals surface area contributed by atoms with Gasteiger partial charge in [0.15, 0.2) is 5.96 Å². The number of rotatable bonds is 6. The fourth-order valence-corrected chi connectivity index (χ4v) is 2.77. The molecule has 0 unspecified atom stereocenters. The smallest absolute Gasteiger partial charge is 0.191 e. The zero-order chi connectivity index (χ0) is 18.2. The highest BCUT2D eigenvalue weighted by Crippen LogP contribution is 2.21. The second-order valence-electron chi connectivity index (χ2n) is 5.97. The molecule has 5 nitrogen and oxygen atoms in total. The molecule has 0 amide bonds. The molecule has 2 N–H and O–H groups in total. The number of fused-ring (bicyclic) bond motifs is 1. The predicted octanol–water partition coefficient (Wildman–Crippen LogP) is 3.15. The van der Waals surface area contributed by atoms with Crippen LogP contribution < -0.4 is 15.4 Å². The number of guanidine groups is 1. The van der Waals surface area contributed by atoms with Crippen molar-refractivity contribution in [2.75, 3.05) is 20.7 Å². The van der Waals surface area contributed by atoms with Gasteiger partial charge >= 0.3 is 0 Å². The second-order valence-corrected chi connectivity index (χ2v) is 5.97. The minimum absolute atomic E-state index is 0.714. The molecule has 0 aliphatic carbocycles. The lowest BCUT2D eigenvalue weighted by Gasteiger charge is -2.12. The van der Waals surface area contributed by atoms with E-state index in [0.717, 1.165) is 30.4 Å². The van der Waals surface area contributed by atoms with Crippen LogP contribution >= 0.6 is 0 Å². The summed E-state index contributed by atoms with van der Waals surface area (Å²) in [6.45, 7) is 1.50. The molecule has 3 aromatic rings. The topological polar surface area (TPSA) is 58.5 Å². The first-order valence-electron chi connectivity index (χ1n) is 8.69. The van der Waals surface area contributed by atoms with Gasteiger partial charge in [-0.25, -0.2) is 0 Å². The molecule has 0 bridgehead atoms. The van der Waals surface area contributed by atoms with Crippen LogP contribution in [0.3, 0.4) is 0 Å². The third-order valence-corrected chi connectivity index (χ3v) is 4.20. The Morgan fingerprint density at radius 3 is 2.65 bits per heavy atom. The SMILES string of the molecule is CN=C(NCCc1ccccn1)NCc1ccc2cc(OC)ccc2c1. The molecule has 1 heterocycles. The van der Waals surface area contributed by atoms with E-state index in [-0.39, 0.29) is 0 Å². The lowest BCUT2D eigenvalue weighted by Crippen LogP contribution is -2.37. The normalized spacial score (nSPS) is 11.4. The van der Waals surface area contributed by atoms with Gasteiger partial charge < -0.3 is 15.4 Å². The molecular weight excluding hydrogens is 324 g/mol. The molecule has 1 aromatic heterocycles. The third-order valence-electron chi connectivity index (χ3n) is 4.20. The lowest BCUT2D eigenvalue weighted by atomic mass is 10.1. The molecule has 0 radical (unpaired) electrons. The van der Waals surface area contributed by atoms with E-state index in [2.05, 4.69) is 44.9 Å². The van der Waals surface area contributed by atoms with Gasteiger partial charge in [0, 0.05) is 38.4 Å². The Hall–Kier alpha value is -3.08. The van der Waals surface area contributed by atoms with E-state index >= 15 is 0 Å². The molecule has 0 saturated heterocycles. The van der Waals surface area contributed by atoms with Crippen LogP contribution in [0.2, 0.25) is 0 Å². The first kappa shape index (κ1) is 17.7. The largest absolute Gasteiger partial charge is 0.497 e. The van der Waals surface area contributed by atoms with Gasteiger partial charge in [-0.3, -0.25) is 9.98 Å². The van der Waals surface area contributed by atoms with Crippen LogP contribution in [0.4, 0.5) is 0 Å². The number of nitrogens with one attached hydrogen (secondary N) is 2. The first-order valence-corrected chi connectivity index (χ1v) is 8.69. The summed E-state index contributed by atoms with van der Waals surface area (Å²) >= 11 is 0. The highest BCUT2D eigenvalue weighted by molar-refractivity contribution is 5.85. The Balaban J connectivity index is 1.54. The van der Waals surface area contributed by atoms with E-state index in [4.69, 9.17) is 4.74 Å². The van der Waals surface area contributed by atoms with Gasteiger partial charge in [0.2, 0.25) is 0 Å². The maximum absolute atomic E-state index is 5.27. The van der Waals surface area contributed by atoms with Gasteiger partial charge in [-0.15, -0.1) is 0 Å². The summed E-state index contributed by atoms with van der Waals surface area (Å²) in [5.74, 6) is 1.66. The zero-order valence-corrected chi connectivity index (χ0v) is 15.2. The van der Waals surface area contributed by atoms with E-state index in [1.54, 1.807) is 14.2 Å². The molecule has 2 aromatic carbocycles. The van der Waals surface area contributed by atoms with Crippen LogP contribution in [0.1, 0.15) is 11.3 Å². The zero-order valence-electron chi connectivity index (χ0n) is 15.2. The van der Waals surface area contributed by atoms with Crippen molar-refractivity contribution in [2.24, 2.45) is 4.99 Å². The molecule has 0 spiro atoms. The number of nitrogens with zero attached hydrogens (tertiary/aromatic N) is 2. The molecule has 5 heteroatoms. The standard InChI is InChI=1S/C21H24N4O/c1-22-21(24-12-10-19-5-3-4-11-23-19)25-15-16-6-7-18-14-20(26-2)9-8-17(18)13-16/h3-9,11,13-14H,10,12,15H2,1-2H3,(H2,22,24,25). The van der Waals surface area contributed by atoms with E-state index in [1.807, 2.05) is 36.5 Å². The highest BCUT2D eigenvalue weighted by atomic mass is 16.5. The van der Waals surface area contributed by atoms with Crippen molar-refractivity contribution in [3.05, 3.63) is 72.1 Å². The molecule has 0 fully saturated rings. The number of methoxy groups -OCH3 is 1. The Labute approximate surface area is 154 Å². The minimum Gasteiger partial charge on any atom is -0.497 e. The number of pyridine rings is 1. The summed E-state index contributed by atoms with van der Waals surface area (Å²) in [7, 11) is 3.47. The van der Waals surface area contributed by atoms with Gasteiger partial charge in [-0.05, 0) is 46.7 Å². The molecular formula is C21H24N4O. The summed E-state index contributed by atoms with van der Waals surface area (Å²) in [6, 6.07) is 18.5. The molecule has 0 atom stereocenters. The Kier molecular flexibility index (Phi) is 6.04. The average molecular weight is 348 g/mol. The summed E-state index contributed by atoms with van der Waals surface area (Å²) < 4.78 is 5.27. The van der Waals surface area contributed by atoms with Gasteiger partial charge in [0.1, 0.15) is 5.75 Å². The van der Waals surface area contributed by atoms with Crippen molar-refractivity contribution in [3.8, 4) is 5.75 Å². The van der Waals surface area contributed by atoms with Crippen molar-refractivity contribution in [2.45, 2.75) is 13.0 Å². The first-order chi connectivity index (χ1) is 12.8. The molecule has 0 saturated carbocycles. The van der Waals surface area contributed by atoms with Crippen LogP contribution in [0.25, 0.3) is 10.8 Å². The Bertz CT molecular complexity index is 878. The molecule has 0 aliphatic rings. The minimum atomic E-state index is 0.714. The van der Waals surface area contributed by atoms with Crippen molar-refractivity contribution >= 4 is 16.7 Å². The molecule has 26 heavy (non-hydrogen) atoms. The summed E-state index contributed by atoms with van der Waals surface area (Å²) in [5, 5.41) is 9.05. The number of benzene rings is 2. The molecule has 134 valence electrons.